The van der Waals surface area contributed by atoms with Crippen molar-refractivity contribution in [3.05, 3.63) is 53.4 Å². The Bertz CT molecular complexity index is 890. The number of nitrogens with zero attached hydrogens (tertiary/aromatic N) is 2. The minimum atomic E-state index is -0.365. The molecule has 4 aliphatic rings. The lowest BCUT2D eigenvalue weighted by molar-refractivity contribution is -0.152. The Balaban J connectivity index is 1.47. The summed E-state index contributed by atoms with van der Waals surface area (Å²) < 4.78 is 10.4. The second kappa shape index (κ2) is 6.69. The van der Waals surface area contributed by atoms with Crippen LogP contribution in [0, 0.1) is 0 Å². The van der Waals surface area contributed by atoms with Gasteiger partial charge in [-0.3, -0.25) is 4.79 Å². The van der Waals surface area contributed by atoms with E-state index >= 15 is 0 Å². The predicted octanol–water partition coefficient (Wildman–Crippen LogP) is 2.71. The SMILES string of the molecule is CC(=O)OCCOC(=O)C1CC2=C3C4C(CCN3C=CC2)c2ccccc2N14. The van der Waals surface area contributed by atoms with Crippen molar-refractivity contribution in [3.63, 3.8) is 0 Å². The fourth-order valence-corrected chi connectivity index (χ4v) is 5.25. The zero-order valence-corrected chi connectivity index (χ0v) is 16.0. The van der Waals surface area contributed by atoms with Gasteiger partial charge in [0.2, 0.25) is 0 Å². The van der Waals surface area contributed by atoms with E-state index < -0.39 is 0 Å². The Labute approximate surface area is 164 Å². The molecule has 1 aromatic rings. The number of fused-ring (bicyclic) bond motifs is 3. The zero-order chi connectivity index (χ0) is 19.3. The van der Waals surface area contributed by atoms with Crippen LogP contribution in [-0.2, 0) is 19.1 Å². The van der Waals surface area contributed by atoms with Crippen LogP contribution in [0.15, 0.2) is 47.8 Å². The molecule has 1 saturated heterocycles. The van der Waals surface area contributed by atoms with Crippen molar-refractivity contribution in [2.75, 3.05) is 24.7 Å². The Morgan fingerprint density at radius 1 is 1.18 bits per heavy atom. The molecule has 0 radical (unpaired) electrons. The molecule has 0 aliphatic carbocycles. The van der Waals surface area contributed by atoms with Gasteiger partial charge in [-0.1, -0.05) is 24.3 Å². The zero-order valence-electron chi connectivity index (χ0n) is 16.0. The number of anilines is 1. The van der Waals surface area contributed by atoms with Crippen LogP contribution in [0.3, 0.4) is 0 Å². The van der Waals surface area contributed by atoms with Gasteiger partial charge in [0.1, 0.15) is 19.3 Å². The molecule has 3 atom stereocenters. The monoisotopic (exact) mass is 380 g/mol. The van der Waals surface area contributed by atoms with Crippen LogP contribution >= 0.6 is 0 Å². The van der Waals surface area contributed by atoms with E-state index in [2.05, 4.69) is 40.3 Å². The first kappa shape index (κ1) is 17.3. The van der Waals surface area contributed by atoms with Gasteiger partial charge in [0.15, 0.2) is 0 Å². The Morgan fingerprint density at radius 3 is 2.86 bits per heavy atom. The number of rotatable bonds is 4. The average molecular weight is 380 g/mol. The molecule has 6 nitrogen and oxygen atoms in total. The van der Waals surface area contributed by atoms with E-state index in [1.54, 1.807) is 0 Å². The molecule has 1 fully saturated rings. The second-order valence-electron chi connectivity index (χ2n) is 7.80. The number of para-hydroxylation sites is 1. The third kappa shape index (κ3) is 2.62. The first-order chi connectivity index (χ1) is 13.6. The number of ether oxygens (including phenoxy) is 2. The lowest BCUT2D eigenvalue weighted by Crippen LogP contribution is -2.56. The molecule has 0 bridgehead atoms. The van der Waals surface area contributed by atoms with Crippen LogP contribution < -0.4 is 4.90 Å². The molecule has 4 aliphatic heterocycles. The molecular weight excluding hydrogens is 356 g/mol. The summed E-state index contributed by atoms with van der Waals surface area (Å²) in [4.78, 5) is 28.6. The molecule has 28 heavy (non-hydrogen) atoms. The van der Waals surface area contributed by atoms with E-state index in [1.165, 1.54) is 23.8 Å². The fraction of sp³-hybridized carbons (Fsp3) is 0.455. The quantitative estimate of drug-likeness (QED) is 0.591. The van der Waals surface area contributed by atoms with Crippen LogP contribution in [-0.4, -0.2) is 48.7 Å². The van der Waals surface area contributed by atoms with Crippen molar-refractivity contribution in [2.45, 2.75) is 44.2 Å². The molecule has 4 heterocycles. The third-order valence-electron chi connectivity index (χ3n) is 6.26. The Morgan fingerprint density at radius 2 is 2.00 bits per heavy atom. The normalized spacial score (nSPS) is 26.7. The number of carbonyl (C=O) groups is 2. The molecule has 5 rings (SSSR count). The Kier molecular flexibility index (Phi) is 4.14. The van der Waals surface area contributed by atoms with Crippen molar-refractivity contribution in [2.24, 2.45) is 0 Å². The minimum Gasteiger partial charge on any atom is -0.462 e. The minimum absolute atomic E-state index is 0.0937. The van der Waals surface area contributed by atoms with E-state index in [0.717, 1.165) is 25.1 Å². The maximum Gasteiger partial charge on any atom is 0.329 e. The van der Waals surface area contributed by atoms with Crippen LogP contribution in [0.2, 0.25) is 0 Å². The van der Waals surface area contributed by atoms with Crippen LogP contribution in [0.4, 0.5) is 5.69 Å². The highest BCUT2D eigenvalue weighted by Gasteiger charge is 2.52. The predicted molar refractivity (Wildman–Crippen MR) is 104 cm³/mol. The summed E-state index contributed by atoms with van der Waals surface area (Å²) in [5.41, 5.74) is 5.23. The molecular formula is C22H24N2O4. The smallest absolute Gasteiger partial charge is 0.329 e. The van der Waals surface area contributed by atoms with Crippen LogP contribution in [0.5, 0.6) is 0 Å². The standard InChI is InChI=1S/C22H24N2O4/c1-14(25)27-11-12-28-22(26)19-13-15-5-4-9-23-10-8-17-16-6-2-3-7-18(16)24(19)21(17)20(15)23/h2-4,6-7,9,17,19,21H,5,8,10-13H2,1H3. The highest BCUT2D eigenvalue weighted by molar-refractivity contribution is 5.84. The topological polar surface area (TPSA) is 59.1 Å². The van der Waals surface area contributed by atoms with Gasteiger partial charge < -0.3 is 19.3 Å². The van der Waals surface area contributed by atoms with E-state index in [-0.39, 0.29) is 37.2 Å². The van der Waals surface area contributed by atoms with Crippen molar-refractivity contribution in [1.29, 1.82) is 0 Å². The highest BCUT2D eigenvalue weighted by Crippen LogP contribution is 2.54. The fourth-order valence-electron chi connectivity index (χ4n) is 5.25. The molecule has 1 aromatic carbocycles. The van der Waals surface area contributed by atoms with Gasteiger partial charge in [-0.15, -0.1) is 0 Å². The molecule has 0 N–H and O–H groups in total. The van der Waals surface area contributed by atoms with Gasteiger partial charge >= 0.3 is 11.9 Å². The van der Waals surface area contributed by atoms with Crippen molar-refractivity contribution >= 4 is 17.6 Å². The summed E-state index contributed by atoms with van der Waals surface area (Å²) in [5, 5.41) is 0. The van der Waals surface area contributed by atoms with E-state index in [4.69, 9.17) is 9.47 Å². The second-order valence-corrected chi connectivity index (χ2v) is 7.80. The largest absolute Gasteiger partial charge is 0.462 e. The van der Waals surface area contributed by atoms with Crippen molar-refractivity contribution < 1.29 is 19.1 Å². The van der Waals surface area contributed by atoms with Gasteiger partial charge in [-0.25, -0.2) is 4.79 Å². The molecule has 0 aromatic heterocycles. The van der Waals surface area contributed by atoms with Crippen LogP contribution in [0.25, 0.3) is 0 Å². The summed E-state index contributed by atoms with van der Waals surface area (Å²) in [7, 11) is 0. The maximum absolute atomic E-state index is 13.0. The van der Waals surface area contributed by atoms with Gasteiger partial charge in [-0.2, -0.15) is 0 Å². The van der Waals surface area contributed by atoms with Gasteiger partial charge in [0.25, 0.3) is 0 Å². The average Bonchev–Trinajstić information content (AvgIpc) is 3.05. The molecule has 146 valence electrons. The number of piperidine rings is 1. The summed E-state index contributed by atoms with van der Waals surface area (Å²) in [6.45, 7) is 2.57. The third-order valence-corrected chi connectivity index (χ3v) is 6.26. The molecule has 3 unspecified atom stereocenters. The molecule has 6 heteroatoms. The summed E-state index contributed by atoms with van der Waals surface area (Å²) in [6.07, 6.45) is 7.05. The summed E-state index contributed by atoms with van der Waals surface area (Å²) in [6, 6.07) is 8.33. The van der Waals surface area contributed by atoms with Gasteiger partial charge in [-0.05, 0) is 30.0 Å². The molecule has 0 amide bonds. The maximum atomic E-state index is 13.0. The number of esters is 2. The van der Waals surface area contributed by atoms with E-state index in [9.17, 15) is 9.59 Å². The lowest BCUT2D eigenvalue weighted by atomic mass is 9.79. The molecule has 0 spiro atoms. The number of benzene rings is 1. The van der Waals surface area contributed by atoms with Crippen LogP contribution in [0.1, 0.15) is 37.7 Å². The van der Waals surface area contributed by atoms with E-state index in [1.807, 2.05) is 6.07 Å². The first-order valence-electron chi connectivity index (χ1n) is 9.97. The van der Waals surface area contributed by atoms with E-state index in [0.29, 0.717) is 12.3 Å². The molecule has 0 saturated carbocycles. The number of hydrogen-bond donors (Lipinski definition) is 0. The lowest BCUT2D eigenvalue weighted by Gasteiger charge is -2.49. The highest BCUT2D eigenvalue weighted by atomic mass is 16.6. The van der Waals surface area contributed by atoms with Gasteiger partial charge in [0.05, 0.1) is 6.04 Å². The number of allylic oxidation sites excluding steroid dienone is 1. The van der Waals surface area contributed by atoms with Crippen molar-refractivity contribution in [1.82, 2.24) is 4.90 Å². The summed E-state index contributed by atoms with van der Waals surface area (Å²) >= 11 is 0. The number of carbonyl (C=O) groups excluding carboxylic acids is 2. The Hall–Kier alpha value is -2.76. The number of hydrogen-bond acceptors (Lipinski definition) is 6. The van der Waals surface area contributed by atoms with Gasteiger partial charge in [0, 0.05) is 43.4 Å². The summed E-state index contributed by atoms with van der Waals surface area (Å²) in [5.74, 6) is -0.183. The first-order valence-corrected chi connectivity index (χ1v) is 9.97. The van der Waals surface area contributed by atoms with Crippen molar-refractivity contribution in [3.8, 4) is 0 Å².